The normalized spacial score (nSPS) is 19.3. The highest BCUT2D eigenvalue weighted by Gasteiger charge is 2.46. The minimum Gasteiger partial charge on any atom is -0.375 e. The number of halogens is 1. The molecule has 118 valence electrons. The Bertz CT molecular complexity index is 785. The molecule has 1 aliphatic rings. The molecule has 0 saturated heterocycles. The van der Waals surface area contributed by atoms with Crippen molar-refractivity contribution in [2.45, 2.75) is 25.4 Å². The van der Waals surface area contributed by atoms with Crippen LogP contribution in [0.2, 0.25) is 5.02 Å². The second-order valence-corrected chi connectivity index (χ2v) is 6.09. The van der Waals surface area contributed by atoms with Crippen LogP contribution in [0, 0.1) is 0 Å². The molecule has 2 aromatic carbocycles. The molecular formula is C18H16ClNO3. The molecule has 0 fully saturated rings. The third-order valence-electron chi connectivity index (χ3n) is 4.15. The number of nitrogens with one attached hydrogen (secondary N) is 1. The lowest BCUT2D eigenvalue weighted by Crippen LogP contribution is -2.36. The summed E-state index contributed by atoms with van der Waals surface area (Å²) in [7, 11) is 0. The number of aryl methyl sites for hydroxylation is 1. The van der Waals surface area contributed by atoms with E-state index in [2.05, 4.69) is 5.32 Å². The molecule has 4 nitrogen and oxygen atoms in total. The van der Waals surface area contributed by atoms with E-state index in [1.54, 1.807) is 24.3 Å². The molecule has 2 aromatic rings. The topological polar surface area (TPSA) is 66.4 Å². The van der Waals surface area contributed by atoms with Crippen LogP contribution in [0.3, 0.4) is 0 Å². The lowest BCUT2D eigenvalue weighted by atomic mass is 9.88. The van der Waals surface area contributed by atoms with Crippen molar-refractivity contribution in [3.8, 4) is 0 Å². The highest BCUT2D eigenvalue weighted by Crippen LogP contribution is 2.40. The van der Waals surface area contributed by atoms with E-state index in [0.717, 1.165) is 12.0 Å². The van der Waals surface area contributed by atoms with Crippen LogP contribution in [0.1, 0.15) is 34.8 Å². The van der Waals surface area contributed by atoms with Gasteiger partial charge in [-0.25, -0.2) is 0 Å². The van der Waals surface area contributed by atoms with Crippen LogP contribution in [0.25, 0.3) is 0 Å². The molecule has 0 unspecified atom stereocenters. The van der Waals surface area contributed by atoms with Gasteiger partial charge in [-0.15, -0.1) is 0 Å². The number of aliphatic hydroxyl groups is 1. The zero-order valence-corrected chi connectivity index (χ0v) is 13.4. The van der Waals surface area contributed by atoms with Crippen LogP contribution in [0.15, 0.2) is 42.5 Å². The molecule has 0 bridgehead atoms. The summed E-state index contributed by atoms with van der Waals surface area (Å²) in [5, 5.41) is 13.8. The van der Waals surface area contributed by atoms with Crippen molar-refractivity contribution in [2.75, 3.05) is 5.32 Å². The van der Waals surface area contributed by atoms with Gasteiger partial charge in [-0.05, 0) is 30.2 Å². The molecule has 0 radical (unpaired) electrons. The SMILES string of the molecule is CCc1ccc(C(=O)C[C@@]2(O)C(=O)Nc3ccc(Cl)cc32)cc1. The number of rotatable bonds is 4. The maximum absolute atomic E-state index is 12.5. The van der Waals surface area contributed by atoms with Crippen molar-refractivity contribution in [1.82, 2.24) is 0 Å². The number of Topliss-reactive ketones (excluding diaryl/α,β-unsaturated/α-hetero) is 1. The maximum Gasteiger partial charge on any atom is 0.261 e. The van der Waals surface area contributed by atoms with E-state index >= 15 is 0 Å². The van der Waals surface area contributed by atoms with Crippen molar-refractivity contribution in [2.24, 2.45) is 0 Å². The standard InChI is InChI=1S/C18H16ClNO3/c1-2-11-3-5-12(6-4-11)16(21)10-18(23)14-9-13(19)7-8-15(14)20-17(18)22/h3-9,23H,2,10H2,1H3,(H,20,22)/t18-/m0/s1. The van der Waals surface area contributed by atoms with E-state index in [1.807, 2.05) is 19.1 Å². The van der Waals surface area contributed by atoms with E-state index in [0.29, 0.717) is 21.8 Å². The Kier molecular flexibility index (Phi) is 3.96. The molecule has 1 aliphatic heterocycles. The van der Waals surface area contributed by atoms with Crippen LogP contribution in [0.4, 0.5) is 5.69 Å². The molecule has 5 heteroatoms. The molecule has 3 rings (SSSR count). The molecule has 0 aromatic heterocycles. The van der Waals surface area contributed by atoms with E-state index in [4.69, 9.17) is 11.6 Å². The van der Waals surface area contributed by atoms with Gasteiger partial charge in [0.05, 0.1) is 6.42 Å². The molecule has 0 spiro atoms. The van der Waals surface area contributed by atoms with E-state index in [1.165, 1.54) is 6.07 Å². The summed E-state index contributed by atoms with van der Waals surface area (Å²) in [6.07, 6.45) is 0.560. The third-order valence-corrected chi connectivity index (χ3v) is 4.39. The molecule has 0 saturated carbocycles. The summed E-state index contributed by atoms with van der Waals surface area (Å²) in [5.74, 6) is -0.897. The summed E-state index contributed by atoms with van der Waals surface area (Å²) < 4.78 is 0. The smallest absolute Gasteiger partial charge is 0.261 e. The zero-order valence-electron chi connectivity index (χ0n) is 12.6. The van der Waals surface area contributed by atoms with Gasteiger partial charge in [0, 0.05) is 21.8 Å². The first-order valence-corrected chi connectivity index (χ1v) is 7.78. The predicted molar refractivity (Wildman–Crippen MR) is 88.7 cm³/mol. The Morgan fingerprint density at radius 2 is 1.91 bits per heavy atom. The number of ketones is 1. The molecule has 23 heavy (non-hydrogen) atoms. The fourth-order valence-electron chi connectivity index (χ4n) is 2.75. The number of hydrogen-bond donors (Lipinski definition) is 2. The molecule has 2 N–H and O–H groups in total. The lowest BCUT2D eigenvalue weighted by Gasteiger charge is -2.20. The van der Waals surface area contributed by atoms with Crippen molar-refractivity contribution in [1.29, 1.82) is 0 Å². The van der Waals surface area contributed by atoms with Gasteiger partial charge in [0.2, 0.25) is 0 Å². The first-order chi connectivity index (χ1) is 10.9. The van der Waals surface area contributed by atoms with E-state index in [9.17, 15) is 14.7 Å². The number of fused-ring (bicyclic) bond motifs is 1. The Morgan fingerprint density at radius 1 is 1.22 bits per heavy atom. The second-order valence-electron chi connectivity index (χ2n) is 5.65. The predicted octanol–water partition coefficient (Wildman–Crippen LogP) is 3.32. The van der Waals surface area contributed by atoms with Crippen LogP contribution in [-0.4, -0.2) is 16.8 Å². The summed E-state index contributed by atoms with van der Waals surface area (Å²) in [6.45, 7) is 2.03. The highest BCUT2D eigenvalue weighted by atomic mass is 35.5. The monoisotopic (exact) mass is 329 g/mol. The average molecular weight is 330 g/mol. The number of carbonyl (C=O) groups excluding carboxylic acids is 2. The maximum atomic E-state index is 12.5. The third kappa shape index (κ3) is 2.76. The summed E-state index contributed by atoms with van der Waals surface area (Å²) in [4.78, 5) is 24.6. The quantitative estimate of drug-likeness (QED) is 0.846. The van der Waals surface area contributed by atoms with Gasteiger partial charge in [0.1, 0.15) is 0 Å². The molecule has 1 heterocycles. The van der Waals surface area contributed by atoms with Gasteiger partial charge in [-0.3, -0.25) is 9.59 Å². The Labute approximate surface area is 139 Å². The van der Waals surface area contributed by atoms with Gasteiger partial charge < -0.3 is 10.4 Å². The Morgan fingerprint density at radius 3 is 2.57 bits per heavy atom. The number of hydrogen-bond acceptors (Lipinski definition) is 3. The Hall–Kier alpha value is -2.17. The van der Waals surface area contributed by atoms with Gasteiger partial charge in [0.15, 0.2) is 11.4 Å². The Balaban J connectivity index is 1.90. The number of carbonyl (C=O) groups is 2. The van der Waals surface area contributed by atoms with Crippen molar-refractivity contribution in [3.63, 3.8) is 0 Å². The molecule has 1 amide bonds. The van der Waals surface area contributed by atoms with Gasteiger partial charge in [0.25, 0.3) is 5.91 Å². The number of amides is 1. The minimum atomic E-state index is -1.89. The fourth-order valence-corrected chi connectivity index (χ4v) is 2.92. The van der Waals surface area contributed by atoms with Crippen LogP contribution in [-0.2, 0) is 16.8 Å². The molecule has 0 aliphatic carbocycles. The summed E-state index contributed by atoms with van der Waals surface area (Å²) >= 11 is 5.95. The molecular weight excluding hydrogens is 314 g/mol. The van der Waals surface area contributed by atoms with Crippen LogP contribution >= 0.6 is 11.6 Å². The van der Waals surface area contributed by atoms with Gasteiger partial charge >= 0.3 is 0 Å². The van der Waals surface area contributed by atoms with Crippen molar-refractivity contribution < 1.29 is 14.7 Å². The molecule has 1 atom stereocenters. The van der Waals surface area contributed by atoms with E-state index in [-0.39, 0.29) is 12.2 Å². The summed E-state index contributed by atoms with van der Waals surface area (Å²) in [6, 6.07) is 11.9. The summed E-state index contributed by atoms with van der Waals surface area (Å²) in [5.41, 5.74) is 0.528. The number of anilines is 1. The second kappa shape index (κ2) is 5.80. The van der Waals surface area contributed by atoms with Gasteiger partial charge in [-0.2, -0.15) is 0 Å². The van der Waals surface area contributed by atoms with Crippen molar-refractivity contribution in [3.05, 3.63) is 64.2 Å². The number of benzene rings is 2. The lowest BCUT2D eigenvalue weighted by molar-refractivity contribution is -0.133. The zero-order chi connectivity index (χ0) is 16.6. The highest BCUT2D eigenvalue weighted by molar-refractivity contribution is 6.31. The first kappa shape index (κ1) is 15.7. The van der Waals surface area contributed by atoms with Crippen LogP contribution < -0.4 is 5.32 Å². The van der Waals surface area contributed by atoms with E-state index < -0.39 is 11.5 Å². The first-order valence-electron chi connectivity index (χ1n) is 7.40. The average Bonchev–Trinajstić information content (AvgIpc) is 2.79. The minimum absolute atomic E-state index is 0.293. The largest absolute Gasteiger partial charge is 0.375 e. The van der Waals surface area contributed by atoms with Crippen LogP contribution in [0.5, 0.6) is 0 Å². The van der Waals surface area contributed by atoms with Crippen molar-refractivity contribution >= 4 is 29.0 Å². The van der Waals surface area contributed by atoms with Gasteiger partial charge in [-0.1, -0.05) is 42.8 Å². The fraction of sp³-hybridized carbons (Fsp3) is 0.222.